The molecule has 3 rings (SSSR count). The molecule has 9 heteroatoms. The number of amides is 2. The summed E-state index contributed by atoms with van der Waals surface area (Å²) in [5.41, 5.74) is 1.26. The number of piperidine rings is 1. The summed E-state index contributed by atoms with van der Waals surface area (Å²) in [5.74, 6) is 0.144. The fourth-order valence-corrected chi connectivity index (χ4v) is 2.93. The Morgan fingerprint density at radius 1 is 1.18 bits per heavy atom. The number of hydrogen-bond donors (Lipinski definition) is 2. The van der Waals surface area contributed by atoms with Crippen LogP contribution in [0.1, 0.15) is 35.8 Å². The first-order chi connectivity index (χ1) is 13.7. The molecule has 2 aromatic heterocycles. The van der Waals surface area contributed by atoms with Gasteiger partial charge in [-0.1, -0.05) is 0 Å². The van der Waals surface area contributed by atoms with Crippen molar-refractivity contribution in [1.82, 2.24) is 25.2 Å². The molecule has 28 heavy (non-hydrogen) atoms. The van der Waals surface area contributed by atoms with Gasteiger partial charge in [0.2, 0.25) is 5.95 Å². The lowest BCUT2D eigenvalue weighted by Gasteiger charge is -2.31. The van der Waals surface area contributed by atoms with Crippen molar-refractivity contribution in [2.24, 2.45) is 0 Å². The Morgan fingerprint density at radius 3 is 2.64 bits per heavy atom. The third kappa shape index (κ3) is 5.38. The zero-order chi connectivity index (χ0) is 19.8. The van der Waals surface area contributed by atoms with Gasteiger partial charge in [0, 0.05) is 44.3 Å². The smallest absolute Gasteiger partial charge is 0.409 e. The number of aromatic nitrogens is 3. The summed E-state index contributed by atoms with van der Waals surface area (Å²) in [6, 6.07) is 5.41. The van der Waals surface area contributed by atoms with Gasteiger partial charge in [-0.25, -0.2) is 14.8 Å². The van der Waals surface area contributed by atoms with Crippen LogP contribution in [0.25, 0.3) is 0 Å². The molecule has 2 aromatic rings. The monoisotopic (exact) mass is 384 g/mol. The van der Waals surface area contributed by atoms with Crippen molar-refractivity contribution in [2.45, 2.75) is 32.4 Å². The van der Waals surface area contributed by atoms with Gasteiger partial charge < -0.3 is 20.3 Å². The Labute approximate surface area is 163 Å². The molecule has 2 N–H and O–H groups in total. The summed E-state index contributed by atoms with van der Waals surface area (Å²) in [4.78, 5) is 38.3. The van der Waals surface area contributed by atoms with Crippen molar-refractivity contribution in [2.75, 3.05) is 25.0 Å². The second-order valence-corrected chi connectivity index (χ2v) is 6.41. The first-order valence-electron chi connectivity index (χ1n) is 9.34. The molecule has 0 saturated carbocycles. The summed E-state index contributed by atoms with van der Waals surface area (Å²) in [7, 11) is 0. The number of ether oxygens (including phenoxy) is 1. The van der Waals surface area contributed by atoms with Crippen LogP contribution in [0.5, 0.6) is 0 Å². The molecular formula is C19H24N6O3. The lowest BCUT2D eigenvalue weighted by atomic mass is 10.1. The fourth-order valence-electron chi connectivity index (χ4n) is 2.93. The van der Waals surface area contributed by atoms with Crippen LogP contribution < -0.4 is 10.6 Å². The Balaban J connectivity index is 1.51. The van der Waals surface area contributed by atoms with Crippen molar-refractivity contribution in [3.63, 3.8) is 0 Å². The van der Waals surface area contributed by atoms with Crippen LogP contribution >= 0.6 is 0 Å². The standard InChI is InChI=1S/C19H24N6O3/c1-2-28-19(27)25-11-6-15(7-12-25)23-18-21-10-5-16(24-18)17(26)22-13-14-3-8-20-9-4-14/h3-5,8-10,15H,2,6-7,11-13H2,1H3,(H,22,26)(H,21,23,24). The Morgan fingerprint density at radius 2 is 1.93 bits per heavy atom. The lowest BCUT2D eigenvalue weighted by Crippen LogP contribution is -2.42. The molecule has 2 amide bonds. The van der Waals surface area contributed by atoms with Crippen molar-refractivity contribution in [1.29, 1.82) is 0 Å². The molecule has 0 aliphatic carbocycles. The predicted octanol–water partition coefficient (Wildman–Crippen LogP) is 1.83. The summed E-state index contributed by atoms with van der Waals surface area (Å²) in [6.45, 7) is 3.80. The number of carbonyl (C=O) groups excluding carboxylic acids is 2. The van der Waals surface area contributed by atoms with Gasteiger partial charge in [0.15, 0.2) is 0 Å². The first kappa shape index (κ1) is 19.5. The number of pyridine rings is 1. The van der Waals surface area contributed by atoms with Gasteiger partial charge in [-0.3, -0.25) is 9.78 Å². The normalized spacial score (nSPS) is 14.4. The van der Waals surface area contributed by atoms with E-state index in [0.29, 0.717) is 37.9 Å². The summed E-state index contributed by atoms with van der Waals surface area (Å²) >= 11 is 0. The highest BCUT2D eigenvalue weighted by Gasteiger charge is 2.24. The Bertz CT molecular complexity index is 793. The van der Waals surface area contributed by atoms with Crippen LogP contribution in [-0.2, 0) is 11.3 Å². The zero-order valence-corrected chi connectivity index (χ0v) is 15.8. The minimum absolute atomic E-state index is 0.140. The van der Waals surface area contributed by atoms with Crippen LogP contribution in [-0.4, -0.2) is 57.6 Å². The van der Waals surface area contributed by atoms with Gasteiger partial charge >= 0.3 is 6.09 Å². The molecule has 0 radical (unpaired) electrons. The first-order valence-corrected chi connectivity index (χ1v) is 9.34. The number of nitrogens with one attached hydrogen (secondary N) is 2. The molecular weight excluding hydrogens is 360 g/mol. The maximum absolute atomic E-state index is 12.3. The zero-order valence-electron chi connectivity index (χ0n) is 15.8. The largest absolute Gasteiger partial charge is 0.450 e. The van der Waals surface area contributed by atoms with E-state index < -0.39 is 0 Å². The quantitative estimate of drug-likeness (QED) is 0.782. The van der Waals surface area contributed by atoms with Gasteiger partial charge in [0.25, 0.3) is 5.91 Å². The number of rotatable bonds is 6. The third-order valence-corrected chi connectivity index (χ3v) is 4.44. The molecule has 3 heterocycles. The van der Waals surface area contributed by atoms with Crippen LogP contribution in [0.2, 0.25) is 0 Å². The molecule has 1 fully saturated rings. The molecule has 148 valence electrons. The number of carbonyl (C=O) groups is 2. The fraction of sp³-hybridized carbons (Fsp3) is 0.421. The summed E-state index contributed by atoms with van der Waals surface area (Å²) in [6.07, 6.45) is 6.18. The Kier molecular flexibility index (Phi) is 6.72. The summed E-state index contributed by atoms with van der Waals surface area (Å²) in [5, 5.41) is 6.09. The molecule has 0 aromatic carbocycles. The van der Waals surface area contributed by atoms with E-state index >= 15 is 0 Å². The molecule has 1 aliphatic rings. The second-order valence-electron chi connectivity index (χ2n) is 6.41. The Hall–Kier alpha value is -3.23. The molecule has 9 nitrogen and oxygen atoms in total. The molecule has 1 saturated heterocycles. The van der Waals surface area contributed by atoms with E-state index in [2.05, 4.69) is 25.6 Å². The third-order valence-electron chi connectivity index (χ3n) is 4.44. The predicted molar refractivity (Wildman–Crippen MR) is 103 cm³/mol. The minimum atomic E-state index is -0.273. The van der Waals surface area contributed by atoms with E-state index in [1.807, 2.05) is 12.1 Å². The number of likely N-dealkylation sites (tertiary alicyclic amines) is 1. The average Bonchev–Trinajstić information content (AvgIpc) is 2.73. The topological polar surface area (TPSA) is 109 Å². The van der Waals surface area contributed by atoms with Crippen molar-refractivity contribution in [3.8, 4) is 0 Å². The lowest BCUT2D eigenvalue weighted by molar-refractivity contribution is 0.0943. The van der Waals surface area contributed by atoms with E-state index in [4.69, 9.17) is 4.74 Å². The van der Waals surface area contributed by atoms with Gasteiger partial charge in [-0.2, -0.15) is 0 Å². The van der Waals surface area contributed by atoms with E-state index in [-0.39, 0.29) is 18.0 Å². The van der Waals surface area contributed by atoms with Crippen LogP contribution in [0.15, 0.2) is 36.8 Å². The summed E-state index contributed by atoms with van der Waals surface area (Å²) < 4.78 is 5.03. The minimum Gasteiger partial charge on any atom is -0.450 e. The highest BCUT2D eigenvalue weighted by Crippen LogP contribution is 2.15. The van der Waals surface area contributed by atoms with Crippen LogP contribution in [0.4, 0.5) is 10.7 Å². The maximum atomic E-state index is 12.3. The molecule has 1 aliphatic heterocycles. The van der Waals surface area contributed by atoms with E-state index in [9.17, 15) is 9.59 Å². The molecule has 0 unspecified atom stereocenters. The SMILES string of the molecule is CCOC(=O)N1CCC(Nc2nccc(C(=O)NCc3ccncc3)n2)CC1. The van der Waals surface area contributed by atoms with Crippen molar-refractivity contribution < 1.29 is 14.3 Å². The molecule has 0 atom stereocenters. The van der Waals surface area contributed by atoms with Crippen LogP contribution in [0, 0.1) is 0 Å². The van der Waals surface area contributed by atoms with Gasteiger partial charge in [-0.15, -0.1) is 0 Å². The van der Waals surface area contributed by atoms with Crippen molar-refractivity contribution in [3.05, 3.63) is 48.0 Å². The van der Waals surface area contributed by atoms with Crippen LogP contribution in [0.3, 0.4) is 0 Å². The number of anilines is 1. The van der Waals surface area contributed by atoms with E-state index in [0.717, 1.165) is 18.4 Å². The average molecular weight is 384 g/mol. The molecule has 0 spiro atoms. The van der Waals surface area contributed by atoms with Crippen molar-refractivity contribution >= 4 is 17.9 Å². The number of hydrogen-bond acceptors (Lipinski definition) is 7. The van der Waals surface area contributed by atoms with Gasteiger partial charge in [0.05, 0.1) is 6.61 Å². The van der Waals surface area contributed by atoms with Gasteiger partial charge in [-0.05, 0) is 43.5 Å². The highest BCUT2D eigenvalue weighted by atomic mass is 16.6. The van der Waals surface area contributed by atoms with E-state index in [1.165, 1.54) is 0 Å². The number of nitrogens with zero attached hydrogens (tertiary/aromatic N) is 4. The molecule has 0 bridgehead atoms. The highest BCUT2D eigenvalue weighted by molar-refractivity contribution is 5.92. The second kappa shape index (κ2) is 9.63. The maximum Gasteiger partial charge on any atom is 0.409 e. The van der Waals surface area contributed by atoms with E-state index in [1.54, 1.807) is 36.5 Å². The van der Waals surface area contributed by atoms with Gasteiger partial charge in [0.1, 0.15) is 5.69 Å².